The van der Waals surface area contributed by atoms with Gasteiger partial charge in [0.1, 0.15) is 0 Å². The van der Waals surface area contributed by atoms with E-state index in [9.17, 15) is 20.1 Å². The Bertz CT molecular complexity index is 1030. The predicted octanol–water partition coefficient (Wildman–Crippen LogP) is 5.18. The molecule has 0 unspecified atom stereocenters. The molecule has 5 rings (SSSR count). The maximum absolute atomic E-state index is 12.6. The van der Waals surface area contributed by atoms with E-state index in [-0.39, 0.29) is 39.1 Å². The number of fused-ring (bicyclic) bond motifs is 7. The average molecular weight is 439 g/mol. The van der Waals surface area contributed by atoms with Crippen molar-refractivity contribution in [3.05, 3.63) is 46.3 Å². The van der Waals surface area contributed by atoms with Crippen molar-refractivity contribution < 1.29 is 20.1 Å². The second-order valence-corrected chi connectivity index (χ2v) is 12.3. The number of aliphatic hydroxyl groups excluding tert-OH is 3. The Balaban J connectivity index is 1.65. The topological polar surface area (TPSA) is 77.8 Å². The Morgan fingerprint density at radius 2 is 1.69 bits per heavy atom. The lowest BCUT2D eigenvalue weighted by Crippen LogP contribution is -2.66. The van der Waals surface area contributed by atoms with Crippen molar-refractivity contribution in [2.24, 2.45) is 33.5 Å². The standard InChI is InChI=1S/C28H38O4/c1-15-13-21-26(4,24(32)22(15)30)10-12-27(5)20-8-7-17-16(2)23(31)19(29)14-18(17)25(20,3)9-11-28(21,27)6/h7-8,14-15,21-22,24,30-32H,9-13H2,1-6H3/t15-,21-,22-,24+,25-,26+,27+,28+/m0/s1. The van der Waals surface area contributed by atoms with Crippen LogP contribution in [0.25, 0.3) is 0 Å². The Morgan fingerprint density at radius 1 is 1.00 bits per heavy atom. The van der Waals surface area contributed by atoms with Gasteiger partial charge in [-0.3, -0.25) is 4.79 Å². The van der Waals surface area contributed by atoms with E-state index < -0.39 is 12.2 Å². The molecule has 8 atom stereocenters. The number of allylic oxidation sites excluding steroid dienone is 7. The summed E-state index contributed by atoms with van der Waals surface area (Å²) in [5, 5.41) is 32.1. The van der Waals surface area contributed by atoms with Crippen molar-refractivity contribution in [1.29, 1.82) is 0 Å². The maximum atomic E-state index is 12.6. The third-order valence-electron chi connectivity index (χ3n) is 11.1. The molecular formula is C28H38O4. The van der Waals surface area contributed by atoms with Crippen LogP contribution >= 0.6 is 0 Å². The number of carbonyl (C=O) groups excluding carboxylic acids is 1. The molecule has 4 nitrogen and oxygen atoms in total. The highest BCUT2D eigenvalue weighted by Crippen LogP contribution is 2.74. The molecule has 3 N–H and O–H groups in total. The molecule has 3 fully saturated rings. The van der Waals surface area contributed by atoms with Crippen molar-refractivity contribution >= 4 is 5.78 Å². The molecule has 174 valence electrons. The van der Waals surface area contributed by atoms with Crippen LogP contribution < -0.4 is 0 Å². The summed E-state index contributed by atoms with van der Waals surface area (Å²) in [5.74, 6) is -0.0167. The molecule has 4 heteroatoms. The summed E-state index contributed by atoms with van der Waals surface area (Å²) in [6.45, 7) is 13.2. The molecule has 32 heavy (non-hydrogen) atoms. The van der Waals surface area contributed by atoms with E-state index in [1.807, 2.05) is 6.92 Å². The Kier molecular flexibility index (Phi) is 4.48. The summed E-state index contributed by atoms with van der Waals surface area (Å²) in [6, 6.07) is 0. The first-order valence-electron chi connectivity index (χ1n) is 12.3. The molecule has 0 bridgehead atoms. The van der Waals surface area contributed by atoms with Crippen molar-refractivity contribution in [2.45, 2.75) is 85.9 Å². The minimum atomic E-state index is -0.688. The molecule has 5 aliphatic carbocycles. The second kappa shape index (κ2) is 6.48. The number of rotatable bonds is 0. The van der Waals surface area contributed by atoms with E-state index in [2.05, 4.69) is 46.8 Å². The fourth-order valence-corrected chi connectivity index (χ4v) is 8.61. The summed E-state index contributed by atoms with van der Waals surface area (Å²) < 4.78 is 0. The van der Waals surface area contributed by atoms with Crippen LogP contribution in [0.2, 0.25) is 0 Å². The van der Waals surface area contributed by atoms with Gasteiger partial charge in [-0.15, -0.1) is 0 Å². The van der Waals surface area contributed by atoms with Crippen LogP contribution in [-0.4, -0.2) is 33.3 Å². The number of hydrogen-bond donors (Lipinski definition) is 3. The van der Waals surface area contributed by atoms with Gasteiger partial charge in [-0.1, -0.05) is 52.3 Å². The van der Waals surface area contributed by atoms with Crippen LogP contribution in [0, 0.1) is 33.5 Å². The van der Waals surface area contributed by atoms with E-state index >= 15 is 0 Å². The van der Waals surface area contributed by atoms with Crippen molar-refractivity contribution in [3.63, 3.8) is 0 Å². The van der Waals surface area contributed by atoms with Crippen LogP contribution in [0.1, 0.15) is 73.6 Å². The Hall–Kier alpha value is -1.65. The molecule has 0 amide bonds. The first-order valence-corrected chi connectivity index (χ1v) is 12.3. The SMILES string of the molecule is CC1=C(O)C(=O)C=C2C1=CC=C1[C@@]2(C)CC[C@]2(C)[C@H]3C[C@H](C)[C@H](O)[C@@H](O)[C@]3(C)CC[C@]12C. The molecule has 0 aromatic rings. The summed E-state index contributed by atoms with van der Waals surface area (Å²) in [4.78, 5) is 12.6. The lowest BCUT2D eigenvalue weighted by Gasteiger charge is -2.70. The highest BCUT2D eigenvalue weighted by molar-refractivity contribution is 6.06. The minimum Gasteiger partial charge on any atom is -0.504 e. The molecule has 0 aromatic heterocycles. The quantitative estimate of drug-likeness (QED) is 0.487. The number of aliphatic hydroxyl groups is 3. The van der Waals surface area contributed by atoms with Crippen LogP contribution in [0.15, 0.2) is 46.3 Å². The van der Waals surface area contributed by atoms with Gasteiger partial charge in [-0.25, -0.2) is 0 Å². The highest BCUT2D eigenvalue weighted by Gasteiger charge is 2.68. The second-order valence-electron chi connectivity index (χ2n) is 12.3. The van der Waals surface area contributed by atoms with Gasteiger partial charge in [0.25, 0.3) is 0 Å². The largest absolute Gasteiger partial charge is 0.504 e. The fraction of sp³-hybridized carbons (Fsp3) is 0.679. The molecular weight excluding hydrogens is 400 g/mol. The summed E-state index contributed by atoms with van der Waals surface area (Å²) in [7, 11) is 0. The third kappa shape index (κ3) is 2.38. The predicted molar refractivity (Wildman–Crippen MR) is 125 cm³/mol. The maximum Gasteiger partial charge on any atom is 0.220 e. The van der Waals surface area contributed by atoms with E-state index in [4.69, 9.17) is 0 Å². The van der Waals surface area contributed by atoms with E-state index in [1.165, 1.54) is 5.57 Å². The highest BCUT2D eigenvalue weighted by atomic mass is 16.3. The van der Waals surface area contributed by atoms with Crippen LogP contribution in [-0.2, 0) is 4.79 Å². The normalized spacial score (nSPS) is 50.4. The van der Waals surface area contributed by atoms with Gasteiger partial charge in [-0.2, -0.15) is 0 Å². The third-order valence-corrected chi connectivity index (χ3v) is 11.1. The van der Waals surface area contributed by atoms with Crippen molar-refractivity contribution in [1.82, 2.24) is 0 Å². The summed E-state index contributed by atoms with van der Waals surface area (Å²) >= 11 is 0. The van der Waals surface area contributed by atoms with E-state index in [0.29, 0.717) is 11.5 Å². The first-order chi connectivity index (χ1) is 14.8. The minimum absolute atomic E-state index is 0.00166. The molecule has 0 spiro atoms. The van der Waals surface area contributed by atoms with Gasteiger partial charge in [0.05, 0.1) is 12.2 Å². The smallest absolute Gasteiger partial charge is 0.220 e. The average Bonchev–Trinajstić information content (AvgIpc) is 2.75. The summed E-state index contributed by atoms with van der Waals surface area (Å²) in [5.41, 5.74) is 3.54. The zero-order chi connectivity index (χ0) is 23.4. The molecule has 0 aliphatic heterocycles. The molecule has 0 radical (unpaired) electrons. The molecule has 0 heterocycles. The molecule has 5 aliphatic rings. The van der Waals surface area contributed by atoms with Gasteiger partial charge >= 0.3 is 0 Å². The number of carbonyl (C=O) groups is 1. The van der Waals surface area contributed by atoms with Crippen molar-refractivity contribution in [2.75, 3.05) is 0 Å². The van der Waals surface area contributed by atoms with Gasteiger partial charge in [-0.05, 0) is 84.3 Å². The lowest BCUT2D eigenvalue weighted by atomic mass is 9.34. The van der Waals surface area contributed by atoms with Gasteiger partial charge < -0.3 is 15.3 Å². The van der Waals surface area contributed by atoms with Gasteiger partial charge in [0.15, 0.2) is 5.76 Å². The first kappa shape index (κ1) is 22.2. The van der Waals surface area contributed by atoms with Gasteiger partial charge in [0.2, 0.25) is 5.78 Å². The summed E-state index contributed by atoms with van der Waals surface area (Å²) in [6.07, 6.45) is 9.44. The Labute approximate surface area is 191 Å². The van der Waals surface area contributed by atoms with E-state index in [0.717, 1.165) is 43.3 Å². The van der Waals surface area contributed by atoms with Crippen molar-refractivity contribution in [3.8, 4) is 0 Å². The fourth-order valence-electron chi connectivity index (χ4n) is 8.61. The number of hydrogen-bond acceptors (Lipinski definition) is 4. The number of ketones is 1. The van der Waals surface area contributed by atoms with E-state index in [1.54, 1.807) is 6.08 Å². The lowest BCUT2D eigenvalue weighted by molar-refractivity contribution is -0.221. The molecule has 3 saturated carbocycles. The Morgan fingerprint density at radius 3 is 2.38 bits per heavy atom. The monoisotopic (exact) mass is 438 g/mol. The molecule has 0 saturated heterocycles. The van der Waals surface area contributed by atoms with Crippen LogP contribution in [0.5, 0.6) is 0 Å². The zero-order valence-electron chi connectivity index (χ0n) is 20.3. The van der Waals surface area contributed by atoms with Crippen LogP contribution in [0.4, 0.5) is 0 Å². The zero-order valence-corrected chi connectivity index (χ0v) is 20.3. The van der Waals surface area contributed by atoms with Crippen LogP contribution in [0.3, 0.4) is 0 Å². The van der Waals surface area contributed by atoms with Gasteiger partial charge in [0, 0.05) is 11.0 Å². The molecule has 0 aromatic carbocycles.